The maximum Gasteiger partial charge on any atom is 0.345 e. The third-order valence-electron chi connectivity index (χ3n) is 5.87. The molecule has 1 unspecified atom stereocenters. The lowest BCUT2D eigenvalue weighted by Gasteiger charge is -2.37. The fraction of sp³-hybridized carbons (Fsp3) is 0.833. The number of rotatable bonds is 4. The first-order valence-electron chi connectivity index (χ1n) is 9.99. The molecule has 0 saturated carbocycles. The summed E-state index contributed by atoms with van der Waals surface area (Å²) in [5.41, 5.74) is -0.124. The van der Waals surface area contributed by atoms with Crippen LogP contribution in [0.2, 0.25) is 0 Å². The van der Waals surface area contributed by atoms with E-state index in [-0.39, 0.29) is 29.5 Å². The van der Waals surface area contributed by atoms with Gasteiger partial charge in [-0.25, -0.2) is 22.2 Å². The van der Waals surface area contributed by atoms with Gasteiger partial charge in [-0.1, -0.05) is 0 Å². The molecule has 1 atom stereocenters. The second-order valence-corrected chi connectivity index (χ2v) is 10.3. The number of aryl methyl sites for hydroxylation is 1. The van der Waals surface area contributed by atoms with Gasteiger partial charge in [0.25, 0.3) is 0 Å². The molecule has 0 spiro atoms. The van der Waals surface area contributed by atoms with Crippen LogP contribution < -0.4 is 5.69 Å². The molecular formula is C18H31N5O4S. The third kappa shape index (κ3) is 4.17. The van der Waals surface area contributed by atoms with Crippen molar-refractivity contribution in [2.45, 2.75) is 51.5 Å². The smallest absolute Gasteiger partial charge is 0.342 e. The molecule has 1 amide bonds. The summed E-state index contributed by atoms with van der Waals surface area (Å²) in [4.78, 5) is 27.3. The minimum absolute atomic E-state index is 0.0163. The number of likely N-dealkylation sites (tertiary alicyclic amines) is 1. The van der Waals surface area contributed by atoms with Crippen molar-refractivity contribution in [3.63, 3.8) is 0 Å². The second kappa shape index (κ2) is 7.98. The first-order valence-corrected chi connectivity index (χ1v) is 11.8. The standard InChI is InChI=1S/C18H31N5O4S/c1-13(2)23-16(19-20(3)18(23)25)15-6-5-9-21(12-15)17(24)14-7-10-22(11-8-14)28(4,26)27/h13-15H,5-12H2,1-4H3. The van der Waals surface area contributed by atoms with E-state index in [0.29, 0.717) is 39.0 Å². The van der Waals surface area contributed by atoms with Crippen molar-refractivity contribution in [1.29, 1.82) is 0 Å². The van der Waals surface area contributed by atoms with Crippen LogP contribution in [-0.4, -0.2) is 70.3 Å². The van der Waals surface area contributed by atoms with Crippen molar-refractivity contribution in [2.24, 2.45) is 13.0 Å². The molecule has 2 aliphatic rings. The lowest BCUT2D eigenvalue weighted by Crippen LogP contribution is -2.47. The van der Waals surface area contributed by atoms with E-state index in [1.807, 2.05) is 18.7 Å². The van der Waals surface area contributed by atoms with E-state index in [4.69, 9.17) is 0 Å². The predicted octanol–water partition coefficient (Wildman–Crippen LogP) is 0.540. The van der Waals surface area contributed by atoms with Crippen LogP contribution in [0.15, 0.2) is 4.79 Å². The quantitative estimate of drug-likeness (QED) is 0.718. The van der Waals surface area contributed by atoms with Gasteiger partial charge >= 0.3 is 5.69 Å². The van der Waals surface area contributed by atoms with E-state index in [1.165, 1.54) is 15.2 Å². The highest BCUT2D eigenvalue weighted by Gasteiger charge is 2.35. The van der Waals surface area contributed by atoms with Crippen molar-refractivity contribution in [1.82, 2.24) is 23.6 Å². The number of nitrogens with zero attached hydrogens (tertiary/aromatic N) is 5. The summed E-state index contributed by atoms with van der Waals surface area (Å²) < 4.78 is 27.9. The first kappa shape index (κ1) is 21.0. The van der Waals surface area contributed by atoms with E-state index in [1.54, 1.807) is 11.6 Å². The Bertz CT molecular complexity index is 880. The molecule has 0 aliphatic carbocycles. The van der Waals surface area contributed by atoms with Gasteiger partial charge in [0.1, 0.15) is 5.82 Å². The van der Waals surface area contributed by atoms with Gasteiger partial charge in [0.05, 0.1) is 6.26 Å². The molecule has 28 heavy (non-hydrogen) atoms. The Labute approximate surface area is 166 Å². The fourth-order valence-electron chi connectivity index (χ4n) is 4.34. The molecule has 0 radical (unpaired) electrons. The molecule has 0 bridgehead atoms. The highest BCUT2D eigenvalue weighted by atomic mass is 32.2. The topological polar surface area (TPSA) is 97.5 Å². The predicted molar refractivity (Wildman–Crippen MR) is 106 cm³/mol. The number of hydrogen-bond donors (Lipinski definition) is 0. The molecule has 1 aromatic rings. The average Bonchev–Trinajstić information content (AvgIpc) is 2.96. The number of aromatic nitrogens is 3. The number of piperidine rings is 2. The van der Waals surface area contributed by atoms with Crippen molar-refractivity contribution in [3.05, 3.63) is 16.3 Å². The largest absolute Gasteiger partial charge is 0.345 e. The molecule has 9 nitrogen and oxygen atoms in total. The van der Waals surface area contributed by atoms with E-state index >= 15 is 0 Å². The lowest BCUT2D eigenvalue weighted by atomic mass is 9.92. The number of sulfonamides is 1. The van der Waals surface area contributed by atoms with Gasteiger partial charge in [-0.2, -0.15) is 5.10 Å². The molecular weight excluding hydrogens is 382 g/mol. The Hall–Kier alpha value is -1.68. The second-order valence-electron chi connectivity index (χ2n) is 8.29. The van der Waals surface area contributed by atoms with E-state index in [9.17, 15) is 18.0 Å². The van der Waals surface area contributed by atoms with Crippen LogP contribution in [0.4, 0.5) is 0 Å². The summed E-state index contributed by atoms with van der Waals surface area (Å²) in [7, 11) is -1.54. The van der Waals surface area contributed by atoms with Crippen LogP contribution in [0.5, 0.6) is 0 Å². The van der Waals surface area contributed by atoms with Crippen LogP contribution in [0.25, 0.3) is 0 Å². The first-order chi connectivity index (χ1) is 13.1. The highest BCUT2D eigenvalue weighted by Crippen LogP contribution is 2.29. The van der Waals surface area contributed by atoms with Crippen LogP contribution >= 0.6 is 0 Å². The fourth-order valence-corrected chi connectivity index (χ4v) is 5.22. The minimum Gasteiger partial charge on any atom is -0.342 e. The maximum absolute atomic E-state index is 13.0. The summed E-state index contributed by atoms with van der Waals surface area (Å²) in [6, 6.07) is 0.0163. The van der Waals surface area contributed by atoms with E-state index in [0.717, 1.165) is 18.7 Å². The highest BCUT2D eigenvalue weighted by molar-refractivity contribution is 7.88. The number of hydrogen-bond acceptors (Lipinski definition) is 5. The summed E-state index contributed by atoms with van der Waals surface area (Å²) in [5.74, 6) is 0.775. The normalized spacial score (nSPS) is 22.8. The molecule has 1 aromatic heterocycles. The Morgan fingerprint density at radius 1 is 1.14 bits per heavy atom. The number of amides is 1. The molecule has 0 N–H and O–H groups in total. The Balaban J connectivity index is 1.70. The van der Waals surface area contributed by atoms with Crippen LogP contribution in [0, 0.1) is 5.92 Å². The van der Waals surface area contributed by atoms with Crippen molar-refractivity contribution >= 4 is 15.9 Å². The molecule has 3 rings (SSSR count). The summed E-state index contributed by atoms with van der Waals surface area (Å²) in [5, 5.41) is 4.45. The van der Waals surface area contributed by atoms with E-state index in [2.05, 4.69) is 5.10 Å². The van der Waals surface area contributed by atoms with Crippen LogP contribution in [0.3, 0.4) is 0 Å². The summed E-state index contributed by atoms with van der Waals surface area (Å²) >= 11 is 0. The zero-order valence-electron chi connectivity index (χ0n) is 17.2. The molecule has 2 saturated heterocycles. The zero-order valence-corrected chi connectivity index (χ0v) is 18.0. The van der Waals surface area contributed by atoms with Crippen molar-refractivity contribution in [3.8, 4) is 0 Å². The number of carbonyl (C=O) groups excluding carboxylic acids is 1. The Kier molecular flexibility index (Phi) is 6.00. The van der Waals surface area contributed by atoms with Gasteiger partial charge in [-0.15, -0.1) is 0 Å². The van der Waals surface area contributed by atoms with Gasteiger partial charge in [0.15, 0.2) is 0 Å². The average molecular weight is 414 g/mol. The minimum atomic E-state index is -3.19. The van der Waals surface area contributed by atoms with Gasteiger partial charge in [-0.3, -0.25) is 9.36 Å². The lowest BCUT2D eigenvalue weighted by molar-refractivity contribution is -0.138. The third-order valence-corrected chi connectivity index (χ3v) is 7.17. The summed E-state index contributed by atoms with van der Waals surface area (Å²) in [6.45, 7) is 6.01. The SMILES string of the molecule is CC(C)n1c(C2CCCN(C(=O)C3CCN(S(C)(=O)=O)CC3)C2)nn(C)c1=O. The molecule has 0 aromatic carbocycles. The maximum atomic E-state index is 13.0. The summed E-state index contributed by atoms with van der Waals surface area (Å²) in [6.07, 6.45) is 4.12. The van der Waals surface area contributed by atoms with Crippen LogP contribution in [-0.2, 0) is 21.9 Å². The van der Waals surface area contributed by atoms with Gasteiger partial charge < -0.3 is 4.90 Å². The molecule has 2 aliphatic heterocycles. The van der Waals surface area contributed by atoms with E-state index < -0.39 is 10.0 Å². The van der Waals surface area contributed by atoms with Gasteiger partial charge in [0, 0.05) is 51.1 Å². The van der Waals surface area contributed by atoms with Crippen LogP contribution in [0.1, 0.15) is 57.3 Å². The Morgan fingerprint density at radius 2 is 1.79 bits per heavy atom. The van der Waals surface area contributed by atoms with Gasteiger partial charge in [0.2, 0.25) is 15.9 Å². The monoisotopic (exact) mass is 413 g/mol. The van der Waals surface area contributed by atoms with Crippen molar-refractivity contribution < 1.29 is 13.2 Å². The Morgan fingerprint density at radius 3 is 2.36 bits per heavy atom. The zero-order chi connectivity index (χ0) is 20.6. The molecule has 2 fully saturated rings. The molecule has 3 heterocycles. The van der Waals surface area contributed by atoms with Gasteiger partial charge in [-0.05, 0) is 39.5 Å². The molecule has 10 heteroatoms. The molecule has 158 valence electrons. The van der Waals surface area contributed by atoms with Crippen molar-refractivity contribution in [2.75, 3.05) is 32.4 Å². The number of carbonyl (C=O) groups is 1.